The van der Waals surface area contributed by atoms with Crippen molar-refractivity contribution < 1.29 is 39.9 Å². The summed E-state index contributed by atoms with van der Waals surface area (Å²) in [5.74, 6) is -2.21. The topological polar surface area (TPSA) is 145 Å². The molecule has 0 saturated carbocycles. The fraction of sp³-hybridized carbons (Fsp3) is 0.923. The van der Waals surface area contributed by atoms with Gasteiger partial charge in [0.1, 0.15) is 18.3 Å². The molecule has 0 spiro atoms. The molecule has 0 aromatic rings. The van der Waals surface area contributed by atoms with Crippen LogP contribution in [0.4, 0.5) is 0 Å². The summed E-state index contributed by atoms with van der Waals surface area (Å²) in [6.45, 7) is 1.39. The molecule has 5 N–H and O–H groups in total. The minimum atomic E-state index is -2.20. The number of hydrogen-bond acceptors (Lipinski definition) is 8. The molecule has 0 bridgehead atoms. The number of aliphatic hydroxyl groups excluding tert-OH is 5. The molecule has 34 heavy (non-hydrogen) atoms. The van der Waals surface area contributed by atoms with Gasteiger partial charge in [0.25, 0.3) is 0 Å². The van der Waals surface area contributed by atoms with Crippen molar-refractivity contribution in [2.75, 3.05) is 6.61 Å². The van der Waals surface area contributed by atoms with E-state index in [0.717, 1.165) is 19.3 Å². The number of rotatable bonds is 23. The molecule has 0 aliphatic carbocycles. The van der Waals surface area contributed by atoms with Crippen LogP contribution < -0.4 is 0 Å². The molecule has 0 aromatic heterocycles. The van der Waals surface area contributed by atoms with Crippen molar-refractivity contribution in [1.29, 1.82) is 0 Å². The normalized spacial score (nSPS) is 15.0. The van der Waals surface area contributed by atoms with Crippen molar-refractivity contribution in [2.24, 2.45) is 0 Å². The van der Waals surface area contributed by atoms with E-state index < -0.39 is 43.0 Å². The summed E-state index contributed by atoms with van der Waals surface area (Å²) in [6, 6.07) is 0. The van der Waals surface area contributed by atoms with Crippen LogP contribution in [-0.2, 0) is 14.3 Å². The van der Waals surface area contributed by atoms with Crippen LogP contribution in [0.15, 0.2) is 0 Å². The Kier molecular flexibility index (Phi) is 21.7. The van der Waals surface area contributed by atoms with Gasteiger partial charge < -0.3 is 30.3 Å². The molecule has 0 amide bonds. The predicted molar refractivity (Wildman–Crippen MR) is 131 cm³/mol. The van der Waals surface area contributed by atoms with E-state index in [4.69, 9.17) is 5.11 Å². The first-order valence-corrected chi connectivity index (χ1v) is 13.4. The second kappa shape index (κ2) is 22.4. The van der Waals surface area contributed by atoms with Crippen LogP contribution >= 0.6 is 0 Å². The minimum absolute atomic E-state index is 0.0228. The van der Waals surface area contributed by atoms with Gasteiger partial charge in [-0.2, -0.15) is 0 Å². The highest BCUT2D eigenvalue weighted by Crippen LogP contribution is 2.14. The highest BCUT2D eigenvalue weighted by Gasteiger charge is 2.35. The number of carbonyl (C=O) groups excluding carboxylic acids is 2. The molecule has 0 fully saturated rings. The fourth-order valence-electron chi connectivity index (χ4n) is 3.88. The molecular weight excluding hydrogens is 440 g/mol. The number of hydrogen-bond donors (Lipinski definition) is 5. The molecule has 0 heterocycles. The van der Waals surface area contributed by atoms with Gasteiger partial charge in [-0.15, -0.1) is 0 Å². The van der Waals surface area contributed by atoms with Crippen molar-refractivity contribution in [3.63, 3.8) is 0 Å². The average Bonchev–Trinajstić information content (AvgIpc) is 2.83. The molecule has 0 unspecified atom stereocenters. The Hall–Kier alpha value is -1.06. The third kappa shape index (κ3) is 17.4. The molecule has 0 rings (SSSR count). The Balaban J connectivity index is 3.56. The van der Waals surface area contributed by atoms with Crippen molar-refractivity contribution in [1.82, 2.24) is 0 Å². The summed E-state index contributed by atoms with van der Waals surface area (Å²) in [5.41, 5.74) is 0. The van der Waals surface area contributed by atoms with Crippen LogP contribution in [-0.4, -0.2) is 68.5 Å². The zero-order chi connectivity index (χ0) is 25.6. The number of carbonyl (C=O) groups is 2. The highest BCUT2D eigenvalue weighted by molar-refractivity contribution is 5.88. The number of unbranched alkanes of at least 4 members (excludes halogenated alkanes) is 16. The summed E-state index contributed by atoms with van der Waals surface area (Å²) >= 11 is 0. The lowest BCUT2D eigenvalue weighted by atomic mass is 10.0. The first-order chi connectivity index (χ1) is 16.3. The zero-order valence-electron chi connectivity index (χ0n) is 21.2. The zero-order valence-corrected chi connectivity index (χ0v) is 21.2. The maximum Gasteiger partial charge on any atom is 0.345 e. The Bertz CT molecular complexity index is 499. The van der Waals surface area contributed by atoms with Gasteiger partial charge in [-0.25, -0.2) is 4.79 Å². The van der Waals surface area contributed by atoms with Crippen LogP contribution in [0.2, 0.25) is 0 Å². The molecule has 202 valence electrons. The largest absolute Gasteiger partial charge is 0.394 e. The molecule has 0 aromatic carbocycles. The van der Waals surface area contributed by atoms with Crippen molar-refractivity contribution >= 4 is 11.9 Å². The van der Waals surface area contributed by atoms with E-state index in [1.54, 1.807) is 0 Å². The standard InChI is InChI=1S/C26H50O8/c1-2-3-4-5-6-7-8-9-10-11-12-13-14-15-16-17-18-19-22(29)34-26(33)25(32)24(31)23(30)21(28)20-27/h21,23-25,27-28,30-32H,2-20H2,1H3/t21-,23-,24+,25-/m1/s1. The van der Waals surface area contributed by atoms with Crippen LogP contribution in [0.1, 0.15) is 122 Å². The number of ether oxygens (including phenoxy) is 1. The SMILES string of the molecule is CCCCCCCCCCCCCCCCCCCC(=O)OC(=O)[C@H](O)[C@@H](O)[C@H](O)[C@H](O)CO. The molecule has 0 saturated heterocycles. The van der Waals surface area contributed by atoms with E-state index in [1.165, 1.54) is 83.5 Å². The van der Waals surface area contributed by atoms with E-state index in [1.807, 2.05) is 0 Å². The second-order valence-electron chi connectivity index (χ2n) is 9.38. The van der Waals surface area contributed by atoms with E-state index >= 15 is 0 Å². The maximum atomic E-state index is 11.7. The Morgan fingerprint density at radius 2 is 1.00 bits per heavy atom. The van der Waals surface area contributed by atoms with Gasteiger partial charge in [-0.1, -0.05) is 110 Å². The molecule has 0 aliphatic heterocycles. The summed E-state index contributed by atoms with van der Waals surface area (Å²) in [4.78, 5) is 23.4. The minimum Gasteiger partial charge on any atom is -0.394 e. The van der Waals surface area contributed by atoms with Gasteiger partial charge in [0.15, 0.2) is 6.10 Å². The summed E-state index contributed by atoms with van der Waals surface area (Å²) in [7, 11) is 0. The summed E-state index contributed by atoms with van der Waals surface area (Å²) in [5, 5.41) is 46.7. The fourth-order valence-corrected chi connectivity index (χ4v) is 3.88. The smallest absolute Gasteiger partial charge is 0.345 e. The third-order valence-electron chi connectivity index (χ3n) is 6.20. The van der Waals surface area contributed by atoms with E-state index in [0.29, 0.717) is 6.42 Å². The second-order valence-corrected chi connectivity index (χ2v) is 9.38. The molecule has 4 atom stereocenters. The number of esters is 2. The molecule has 8 heteroatoms. The van der Waals surface area contributed by atoms with E-state index in [-0.39, 0.29) is 6.42 Å². The first-order valence-electron chi connectivity index (χ1n) is 13.4. The number of aliphatic hydroxyl groups is 5. The molecule has 8 nitrogen and oxygen atoms in total. The van der Waals surface area contributed by atoms with Crippen molar-refractivity contribution in [2.45, 2.75) is 147 Å². The van der Waals surface area contributed by atoms with Crippen LogP contribution in [0.3, 0.4) is 0 Å². The lowest BCUT2D eigenvalue weighted by Crippen LogP contribution is -2.49. The van der Waals surface area contributed by atoms with E-state index in [2.05, 4.69) is 11.7 Å². The van der Waals surface area contributed by atoms with Crippen molar-refractivity contribution in [3.8, 4) is 0 Å². The average molecular weight is 491 g/mol. The Labute approximate surface area is 205 Å². The van der Waals surface area contributed by atoms with Crippen LogP contribution in [0.5, 0.6) is 0 Å². The van der Waals surface area contributed by atoms with Gasteiger partial charge in [-0.05, 0) is 6.42 Å². The van der Waals surface area contributed by atoms with Crippen molar-refractivity contribution in [3.05, 3.63) is 0 Å². The Morgan fingerprint density at radius 1 is 0.618 bits per heavy atom. The van der Waals surface area contributed by atoms with E-state index in [9.17, 15) is 30.0 Å². The monoisotopic (exact) mass is 490 g/mol. The van der Waals surface area contributed by atoms with Crippen LogP contribution in [0, 0.1) is 0 Å². The molecule has 0 aliphatic rings. The Morgan fingerprint density at radius 3 is 1.38 bits per heavy atom. The lowest BCUT2D eigenvalue weighted by Gasteiger charge is -2.24. The summed E-state index contributed by atoms with van der Waals surface area (Å²) in [6.07, 6.45) is 12.9. The maximum absolute atomic E-state index is 11.7. The van der Waals surface area contributed by atoms with Crippen LogP contribution in [0.25, 0.3) is 0 Å². The van der Waals surface area contributed by atoms with Gasteiger partial charge in [0.2, 0.25) is 0 Å². The first kappa shape index (κ1) is 32.9. The van der Waals surface area contributed by atoms with Gasteiger partial charge in [0, 0.05) is 6.42 Å². The van der Waals surface area contributed by atoms with Gasteiger partial charge in [-0.3, -0.25) is 4.79 Å². The summed E-state index contributed by atoms with van der Waals surface area (Å²) < 4.78 is 4.48. The highest BCUT2D eigenvalue weighted by atomic mass is 16.6. The molecule has 0 radical (unpaired) electrons. The quantitative estimate of drug-likeness (QED) is 0.0831. The molecular formula is C26H50O8. The lowest BCUT2D eigenvalue weighted by molar-refractivity contribution is -0.176. The predicted octanol–water partition coefficient (Wildman–Crippen LogP) is 3.53. The van der Waals surface area contributed by atoms with Gasteiger partial charge in [0.05, 0.1) is 6.61 Å². The third-order valence-corrected chi connectivity index (χ3v) is 6.20. The van der Waals surface area contributed by atoms with Gasteiger partial charge >= 0.3 is 11.9 Å².